The van der Waals surface area contributed by atoms with Crippen LogP contribution >= 0.6 is 11.5 Å². The van der Waals surface area contributed by atoms with Gasteiger partial charge in [0, 0.05) is 6.04 Å². The van der Waals surface area contributed by atoms with Crippen LogP contribution in [0.4, 0.5) is 10.8 Å². The van der Waals surface area contributed by atoms with E-state index in [1.165, 1.54) is 24.4 Å². The van der Waals surface area contributed by atoms with Crippen LogP contribution < -0.4 is 16.8 Å². The van der Waals surface area contributed by atoms with Crippen molar-refractivity contribution in [3.63, 3.8) is 0 Å². The minimum Gasteiger partial charge on any atom is -0.382 e. The third kappa shape index (κ3) is 2.44. The Morgan fingerprint density at radius 2 is 2.38 bits per heavy atom. The normalized spacial score (nSPS) is 17.1. The summed E-state index contributed by atoms with van der Waals surface area (Å²) in [5.74, 6) is 0.538. The van der Waals surface area contributed by atoms with Crippen molar-refractivity contribution in [3.8, 4) is 0 Å². The van der Waals surface area contributed by atoms with Crippen LogP contribution in [0.5, 0.6) is 0 Å². The number of nitrogens with zero attached hydrogens (tertiary/aromatic N) is 1. The minimum absolute atomic E-state index is 0.221. The third-order valence-corrected chi connectivity index (χ3v) is 3.52. The Balaban J connectivity index is 2.04. The Hall–Kier alpha value is -1.30. The maximum Gasteiger partial charge on any atom is 0.255 e. The number of carbonyl (C=O) groups excluding carboxylic acids is 1. The number of hydrogen-bond donors (Lipinski definition) is 3. The molecule has 0 aromatic carbocycles. The van der Waals surface area contributed by atoms with Gasteiger partial charge in [-0.3, -0.25) is 4.79 Å². The number of rotatable bonds is 5. The number of carbonyl (C=O) groups is 1. The van der Waals surface area contributed by atoms with Crippen molar-refractivity contribution in [2.45, 2.75) is 32.2 Å². The first-order valence-corrected chi connectivity index (χ1v) is 6.16. The summed E-state index contributed by atoms with van der Waals surface area (Å²) in [5, 5.41) is 3.95. The molecule has 0 radical (unpaired) electrons. The van der Waals surface area contributed by atoms with E-state index in [1.807, 2.05) is 0 Å². The van der Waals surface area contributed by atoms with E-state index in [9.17, 15) is 4.79 Å². The lowest BCUT2D eigenvalue weighted by molar-refractivity contribution is 0.100. The molecule has 1 fully saturated rings. The summed E-state index contributed by atoms with van der Waals surface area (Å²) < 4.78 is 3.94. The number of hydrogen-bond acceptors (Lipinski definition) is 5. The molecule has 1 saturated carbocycles. The summed E-state index contributed by atoms with van der Waals surface area (Å²) in [6.45, 7) is 2.10. The molecule has 5 nitrogen and oxygen atoms in total. The van der Waals surface area contributed by atoms with Gasteiger partial charge in [-0.2, -0.15) is 4.37 Å². The fraction of sp³-hybridized carbons (Fsp3) is 0.600. The zero-order valence-corrected chi connectivity index (χ0v) is 10.0. The smallest absolute Gasteiger partial charge is 0.255 e. The summed E-state index contributed by atoms with van der Waals surface area (Å²) in [4.78, 5) is 11.2. The Kier molecular flexibility index (Phi) is 3.00. The van der Waals surface area contributed by atoms with Crippen molar-refractivity contribution in [3.05, 3.63) is 5.56 Å². The molecule has 0 aliphatic heterocycles. The molecule has 88 valence electrons. The molecular formula is C10H16N4OS. The minimum atomic E-state index is -0.521. The Morgan fingerprint density at radius 1 is 1.69 bits per heavy atom. The number of nitrogens with one attached hydrogen (secondary N) is 1. The standard InChI is InChI=1S/C10H16N4OS/c1-5(4-6-2-3-6)13-10-7(9(12)15)8(11)14-16-10/h5-6,13H,2-4H2,1H3,(H2,11,14)(H2,12,15). The summed E-state index contributed by atoms with van der Waals surface area (Å²) in [5.41, 5.74) is 11.2. The molecule has 1 aromatic heterocycles. The quantitative estimate of drug-likeness (QED) is 0.725. The van der Waals surface area contributed by atoms with Gasteiger partial charge in [-0.1, -0.05) is 12.8 Å². The highest BCUT2D eigenvalue weighted by Crippen LogP contribution is 2.35. The molecule has 1 aromatic rings. The molecule has 0 saturated heterocycles. The number of primary amides is 1. The van der Waals surface area contributed by atoms with Gasteiger partial charge in [-0.15, -0.1) is 0 Å². The van der Waals surface area contributed by atoms with Crippen molar-refractivity contribution in [1.29, 1.82) is 0 Å². The fourth-order valence-electron chi connectivity index (χ4n) is 1.78. The second kappa shape index (κ2) is 4.29. The average molecular weight is 240 g/mol. The SMILES string of the molecule is CC(CC1CC1)Nc1snc(N)c1C(N)=O. The van der Waals surface area contributed by atoms with Gasteiger partial charge >= 0.3 is 0 Å². The molecule has 1 heterocycles. The van der Waals surface area contributed by atoms with Gasteiger partial charge in [0.25, 0.3) is 5.91 Å². The topological polar surface area (TPSA) is 94.0 Å². The zero-order valence-electron chi connectivity index (χ0n) is 9.19. The van der Waals surface area contributed by atoms with Crippen LogP contribution in [0.1, 0.15) is 36.5 Å². The first-order valence-electron chi connectivity index (χ1n) is 5.39. The van der Waals surface area contributed by atoms with Crippen molar-refractivity contribution >= 4 is 28.3 Å². The average Bonchev–Trinajstić information content (AvgIpc) is 2.90. The maximum absolute atomic E-state index is 11.2. The van der Waals surface area contributed by atoms with Crippen LogP contribution in [0.25, 0.3) is 0 Å². The predicted molar refractivity (Wildman–Crippen MR) is 65.5 cm³/mol. The first-order chi connectivity index (χ1) is 7.58. The van der Waals surface area contributed by atoms with E-state index in [4.69, 9.17) is 11.5 Å². The zero-order chi connectivity index (χ0) is 11.7. The maximum atomic E-state index is 11.2. The summed E-state index contributed by atoms with van der Waals surface area (Å²) in [7, 11) is 0. The number of amides is 1. The number of anilines is 2. The second-order valence-corrected chi connectivity index (χ2v) is 5.13. The van der Waals surface area contributed by atoms with Crippen molar-refractivity contribution < 1.29 is 4.79 Å². The molecule has 5 N–H and O–H groups in total. The molecule has 1 aliphatic carbocycles. The van der Waals surface area contributed by atoms with Gasteiger partial charge < -0.3 is 16.8 Å². The monoisotopic (exact) mass is 240 g/mol. The Morgan fingerprint density at radius 3 is 2.94 bits per heavy atom. The summed E-state index contributed by atoms with van der Waals surface area (Å²) >= 11 is 1.19. The van der Waals surface area contributed by atoms with E-state index in [2.05, 4.69) is 16.6 Å². The van der Waals surface area contributed by atoms with E-state index >= 15 is 0 Å². The molecule has 1 unspecified atom stereocenters. The lowest BCUT2D eigenvalue weighted by Gasteiger charge is -2.13. The predicted octanol–water partition coefficient (Wildman–Crippen LogP) is 1.42. The highest BCUT2D eigenvalue weighted by Gasteiger charge is 2.25. The van der Waals surface area contributed by atoms with Crippen LogP contribution in [-0.2, 0) is 0 Å². The first kappa shape index (κ1) is 11.2. The second-order valence-electron chi connectivity index (χ2n) is 4.36. The van der Waals surface area contributed by atoms with Crippen molar-refractivity contribution in [2.75, 3.05) is 11.1 Å². The molecule has 2 rings (SSSR count). The van der Waals surface area contributed by atoms with Gasteiger partial charge in [-0.25, -0.2) is 0 Å². The fourth-order valence-corrected chi connectivity index (χ4v) is 2.61. The molecule has 16 heavy (non-hydrogen) atoms. The van der Waals surface area contributed by atoms with Crippen LogP contribution in [0, 0.1) is 5.92 Å². The number of nitrogen functional groups attached to an aromatic ring is 1. The Labute approximate surface area is 98.4 Å². The largest absolute Gasteiger partial charge is 0.382 e. The third-order valence-electron chi connectivity index (χ3n) is 2.73. The van der Waals surface area contributed by atoms with Gasteiger partial charge in [-0.05, 0) is 30.8 Å². The summed E-state index contributed by atoms with van der Waals surface area (Å²) in [6.07, 6.45) is 3.76. The van der Waals surface area contributed by atoms with E-state index < -0.39 is 5.91 Å². The molecule has 1 amide bonds. The summed E-state index contributed by atoms with van der Waals surface area (Å²) in [6, 6.07) is 0.324. The van der Waals surface area contributed by atoms with Crippen LogP contribution in [0.2, 0.25) is 0 Å². The number of nitrogens with two attached hydrogens (primary N) is 2. The lowest BCUT2D eigenvalue weighted by atomic mass is 10.1. The van der Waals surface area contributed by atoms with Crippen LogP contribution in [-0.4, -0.2) is 16.3 Å². The van der Waals surface area contributed by atoms with E-state index in [1.54, 1.807) is 0 Å². The Bertz CT molecular complexity index is 400. The van der Waals surface area contributed by atoms with Gasteiger partial charge in [0.15, 0.2) is 5.82 Å². The molecule has 0 spiro atoms. The van der Waals surface area contributed by atoms with E-state index in [-0.39, 0.29) is 5.82 Å². The van der Waals surface area contributed by atoms with Crippen molar-refractivity contribution in [1.82, 2.24) is 4.37 Å². The number of aromatic nitrogens is 1. The highest BCUT2D eigenvalue weighted by atomic mass is 32.1. The van der Waals surface area contributed by atoms with Gasteiger partial charge in [0.1, 0.15) is 10.6 Å². The molecular weight excluding hydrogens is 224 g/mol. The molecule has 6 heteroatoms. The van der Waals surface area contributed by atoms with Crippen LogP contribution in [0.15, 0.2) is 0 Å². The molecule has 1 atom stereocenters. The van der Waals surface area contributed by atoms with E-state index in [0.29, 0.717) is 16.6 Å². The molecule has 0 bridgehead atoms. The highest BCUT2D eigenvalue weighted by molar-refractivity contribution is 7.11. The van der Waals surface area contributed by atoms with Crippen molar-refractivity contribution in [2.24, 2.45) is 11.7 Å². The molecule has 1 aliphatic rings. The van der Waals surface area contributed by atoms with Gasteiger partial charge in [0.2, 0.25) is 0 Å². The van der Waals surface area contributed by atoms with E-state index in [0.717, 1.165) is 12.3 Å². The van der Waals surface area contributed by atoms with Gasteiger partial charge in [0.05, 0.1) is 0 Å². The lowest BCUT2D eigenvalue weighted by Crippen LogP contribution is -2.19. The van der Waals surface area contributed by atoms with Crippen LogP contribution in [0.3, 0.4) is 0 Å².